The van der Waals surface area contributed by atoms with Crippen molar-refractivity contribution in [1.29, 1.82) is 0 Å². The number of nitrogens with one attached hydrogen (secondary N) is 1. The molecule has 0 aromatic heterocycles. The van der Waals surface area contributed by atoms with E-state index in [9.17, 15) is 9.59 Å². The van der Waals surface area contributed by atoms with Crippen LogP contribution in [0.1, 0.15) is 13.3 Å². The van der Waals surface area contributed by atoms with Gasteiger partial charge in [0.1, 0.15) is 0 Å². The van der Waals surface area contributed by atoms with Crippen molar-refractivity contribution in [2.45, 2.75) is 13.3 Å². The first-order chi connectivity index (χ1) is 5.70. The predicted molar refractivity (Wildman–Crippen MR) is 46.3 cm³/mol. The van der Waals surface area contributed by atoms with Crippen LogP contribution in [0, 0.1) is 0 Å². The average molecular weight is 165 g/mol. The topological polar surface area (TPSA) is 46.2 Å². The van der Waals surface area contributed by atoms with Gasteiger partial charge in [-0.15, -0.1) is 5.73 Å². The molecule has 0 aromatic rings. The van der Waals surface area contributed by atoms with E-state index in [1.165, 1.54) is 6.08 Å². The number of hydrogen-bond donors (Lipinski definition) is 1. The first-order valence-corrected chi connectivity index (χ1v) is 3.59. The second-order valence-electron chi connectivity index (χ2n) is 1.98. The van der Waals surface area contributed by atoms with Gasteiger partial charge >= 0.3 is 0 Å². The van der Waals surface area contributed by atoms with Crippen molar-refractivity contribution < 1.29 is 9.59 Å². The van der Waals surface area contributed by atoms with Gasteiger partial charge in [0.2, 0.25) is 5.91 Å². The highest BCUT2D eigenvalue weighted by Crippen LogP contribution is 1.76. The van der Waals surface area contributed by atoms with Gasteiger partial charge in [-0.1, -0.05) is 13.5 Å². The second kappa shape index (κ2) is 6.13. The third-order valence-corrected chi connectivity index (χ3v) is 0.968. The normalized spacial score (nSPS) is 7.75. The average Bonchev–Trinajstić information content (AvgIpc) is 2.05. The maximum atomic E-state index is 10.8. The van der Waals surface area contributed by atoms with Crippen LogP contribution in [0.3, 0.4) is 0 Å². The van der Waals surface area contributed by atoms with E-state index in [2.05, 4.69) is 17.6 Å². The van der Waals surface area contributed by atoms with E-state index in [1.54, 1.807) is 6.08 Å². The highest BCUT2D eigenvalue weighted by Gasteiger charge is 1.97. The zero-order valence-electron chi connectivity index (χ0n) is 6.96. The van der Waals surface area contributed by atoms with Gasteiger partial charge in [-0.3, -0.25) is 14.9 Å². The number of imide groups is 1. The van der Waals surface area contributed by atoms with Gasteiger partial charge in [-0.25, -0.2) is 0 Å². The standard InChI is InChI=1S/C9H11NO2/c1-3-5-6-7-9(12)10-8(11)4-2/h4-5,7H,2-3H2,1H3,(H,10,11,12). The van der Waals surface area contributed by atoms with Crippen molar-refractivity contribution in [2.24, 2.45) is 0 Å². The SMILES string of the molecule is C=CC(=O)NC(=O)C=C=CCC. The fourth-order valence-corrected chi connectivity index (χ4v) is 0.461. The predicted octanol–water partition coefficient (Wildman–Crippen LogP) is 0.936. The molecule has 0 heterocycles. The van der Waals surface area contributed by atoms with Crippen LogP contribution in [0.2, 0.25) is 0 Å². The molecule has 0 aliphatic carbocycles. The smallest absolute Gasteiger partial charge is 0.258 e. The molecule has 0 spiro atoms. The highest BCUT2D eigenvalue weighted by atomic mass is 16.2. The second-order valence-corrected chi connectivity index (χ2v) is 1.98. The van der Waals surface area contributed by atoms with Gasteiger partial charge in [0.05, 0.1) is 0 Å². The van der Waals surface area contributed by atoms with Crippen LogP contribution in [0.15, 0.2) is 30.5 Å². The molecule has 3 nitrogen and oxygen atoms in total. The monoisotopic (exact) mass is 165 g/mol. The lowest BCUT2D eigenvalue weighted by Gasteiger charge is -1.91. The minimum atomic E-state index is -0.505. The molecule has 0 rings (SSSR count). The lowest BCUT2D eigenvalue weighted by atomic mass is 10.4. The molecular formula is C9H11NO2. The molecule has 0 bridgehead atoms. The van der Waals surface area contributed by atoms with Gasteiger partial charge in [0.25, 0.3) is 5.91 Å². The highest BCUT2D eigenvalue weighted by molar-refractivity contribution is 6.04. The Bertz CT molecular complexity index is 247. The van der Waals surface area contributed by atoms with Gasteiger partial charge in [-0.05, 0) is 18.6 Å². The minimum Gasteiger partial charge on any atom is -0.289 e. The summed E-state index contributed by atoms with van der Waals surface area (Å²) in [4.78, 5) is 21.3. The maximum Gasteiger partial charge on any atom is 0.258 e. The van der Waals surface area contributed by atoms with Crippen LogP contribution in [-0.4, -0.2) is 11.8 Å². The molecule has 0 saturated carbocycles. The van der Waals surface area contributed by atoms with Crippen molar-refractivity contribution >= 4 is 11.8 Å². The number of carbonyl (C=O) groups excluding carboxylic acids is 2. The summed E-state index contributed by atoms with van der Waals surface area (Å²) in [5, 5.41) is 2.05. The molecular weight excluding hydrogens is 154 g/mol. The van der Waals surface area contributed by atoms with Crippen molar-refractivity contribution in [2.75, 3.05) is 0 Å². The van der Waals surface area contributed by atoms with Crippen molar-refractivity contribution in [3.63, 3.8) is 0 Å². The molecule has 0 atom stereocenters. The Morgan fingerprint density at radius 1 is 1.50 bits per heavy atom. The first kappa shape index (κ1) is 10.4. The Morgan fingerprint density at radius 3 is 2.67 bits per heavy atom. The zero-order chi connectivity index (χ0) is 9.40. The number of carbonyl (C=O) groups is 2. The van der Waals surface area contributed by atoms with Crippen LogP contribution in [0.25, 0.3) is 0 Å². The van der Waals surface area contributed by atoms with Gasteiger partial charge in [0.15, 0.2) is 0 Å². The maximum absolute atomic E-state index is 10.8. The molecule has 0 aromatic carbocycles. The summed E-state index contributed by atoms with van der Waals surface area (Å²) >= 11 is 0. The Balaban J connectivity index is 3.98. The molecule has 0 aliphatic rings. The molecule has 0 aliphatic heterocycles. The number of rotatable bonds is 3. The molecule has 12 heavy (non-hydrogen) atoms. The van der Waals surface area contributed by atoms with E-state index in [-0.39, 0.29) is 0 Å². The third kappa shape index (κ3) is 5.21. The molecule has 64 valence electrons. The number of hydrogen-bond acceptors (Lipinski definition) is 2. The number of amides is 2. The lowest BCUT2D eigenvalue weighted by Crippen LogP contribution is -2.26. The van der Waals surface area contributed by atoms with Crippen LogP contribution in [-0.2, 0) is 9.59 Å². The lowest BCUT2D eigenvalue weighted by molar-refractivity contribution is -0.125. The summed E-state index contributed by atoms with van der Waals surface area (Å²) in [5.74, 6) is -0.987. The minimum absolute atomic E-state index is 0.482. The summed E-state index contributed by atoms with van der Waals surface area (Å²) in [5.41, 5.74) is 2.62. The molecule has 3 heteroatoms. The quantitative estimate of drug-likeness (QED) is 0.499. The van der Waals surface area contributed by atoms with Crippen molar-refractivity contribution in [3.05, 3.63) is 30.5 Å². The summed E-state index contributed by atoms with van der Waals surface area (Å²) in [6.07, 6.45) is 4.71. The fourth-order valence-electron chi connectivity index (χ4n) is 0.461. The summed E-state index contributed by atoms with van der Waals surface area (Å²) in [7, 11) is 0. The fraction of sp³-hybridized carbons (Fsp3) is 0.222. The van der Waals surface area contributed by atoms with E-state index < -0.39 is 11.8 Å². The summed E-state index contributed by atoms with van der Waals surface area (Å²) in [6, 6.07) is 0. The summed E-state index contributed by atoms with van der Waals surface area (Å²) in [6.45, 7) is 5.13. The first-order valence-electron chi connectivity index (χ1n) is 3.59. The van der Waals surface area contributed by atoms with Crippen molar-refractivity contribution in [1.82, 2.24) is 5.32 Å². The van der Waals surface area contributed by atoms with Gasteiger partial charge in [-0.2, -0.15) is 0 Å². The van der Waals surface area contributed by atoms with E-state index >= 15 is 0 Å². The van der Waals surface area contributed by atoms with Crippen molar-refractivity contribution in [3.8, 4) is 0 Å². The van der Waals surface area contributed by atoms with E-state index in [4.69, 9.17) is 0 Å². The van der Waals surface area contributed by atoms with Crippen LogP contribution in [0.4, 0.5) is 0 Å². The Kier molecular flexibility index (Phi) is 5.31. The molecule has 0 radical (unpaired) electrons. The Hall–Kier alpha value is -1.60. The Labute approximate surface area is 71.5 Å². The van der Waals surface area contributed by atoms with Gasteiger partial charge in [0, 0.05) is 6.08 Å². The van der Waals surface area contributed by atoms with E-state index in [1.807, 2.05) is 6.92 Å². The molecule has 2 amide bonds. The van der Waals surface area contributed by atoms with E-state index in [0.29, 0.717) is 0 Å². The van der Waals surface area contributed by atoms with Gasteiger partial charge < -0.3 is 0 Å². The molecule has 0 unspecified atom stereocenters. The van der Waals surface area contributed by atoms with Crippen LogP contribution < -0.4 is 5.32 Å². The Morgan fingerprint density at radius 2 is 2.17 bits per heavy atom. The summed E-state index contributed by atoms with van der Waals surface area (Å²) < 4.78 is 0. The zero-order valence-corrected chi connectivity index (χ0v) is 6.96. The third-order valence-electron chi connectivity index (χ3n) is 0.968. The molecule has 0 fully saturated rings. The largest absolute Gasteiger partial charge is 0.289 e. The van der Waals surface area contributed by atoms with Crippen LogP contribution in [0.5, 0.6) is 0 Å². The molecule has 1 N–H and O–H groups in total. The van der Waals surface area contributed by atoms with Crippen LogP contribution >= 0.6 is 0 Å². The molecule has 0 saturated heterocycles. The van der Waals surface area contributed by atoms with E-state index in [0.717, 1.165) is 12.5 Å².